The third-order valence-electron chi connectivity index (χ3n) is 3.58. The summed E-state index contributed by atoms with van der Waals surface area (Å²) in [6.45, 7) is 8.32. The lowest BCUT2D eigenvalue weighted by Gasteiger charge is -2.18. The van der Waals surface area contributed by atoms with Gasteiger partial charge in [-0.1, -0.05) is 19.9 Å². The molecule has 0 saturated carbocycles. The molecule has 5 heteroatoms. The third kappa shape index (κ3) is 5.24. The number of aliphatic hydroxyl groups is 1. The molecule has 2 rings (SSSR count). The molecule has 0 bridgehead atoms. The normalized spacial score (nSPS) is 12.6. The molecule has 1 unspecified atom stereocenters. The van der Waals surface area contributed by atoms with E-state index in [1.165, 1.54) is 10.1 Å². The first kappa shape index (κ1) is 18.4. The van der Waals surface area contributed by atoms with Gasteiger partial charge in [0.05, 0.1) is 13.2 Å². The zero-order valence-electron chi connectivity index (χ0n) is 12.6. The molecule has 118 valence electrons. The van der Waals surface area contributed by atoms with Gasteiger partial charge in [0.2, 0.25) is 0 Å². The highest BCUT2D eigenvalue weighted by Crippen LogP contribution is 2.24. The number of thiophene rings is 1. The maximum absolute atomic E-state index is 10.2. The summed E-state index contributed by atoms with van der Waals surface area (Å²) in [5, 5.41) is 13.4. The molecule has 0 spiro atoms. The SMILES string of the molecule is CCN(CC)CCOCC(O)c1ccc2sccc2c1.Cl. The van der Waals surface area contributed by atoms with E-state index in [1.54, 1.807) is 11.3 Å². The quantitative estimate of drug-likeness (QED) is 0.749. The number of aliphatic hydroxyl groups excluding tert-OH is 1. The zero-order valence-corrected chi connectivity index (χ0v) is 14.3. The average molecular weight is 330 g/mol. The van der Waals surface area contributed by atoms with Crippen molar-refractivity contribution in [1.29, 1.82) is 0 Å². The molecule has 0 saturated heterocycles. The van der Waals surface area contributed by atoms with Crippen LogP contribution in [0.1, 0.15) is 25.5 Å². The highest BCUT2D eigenvalue weighted by atomic mass is 35.5. The number of ether oxygens (including phenoxy) is 1. The minimum absolute atomic E-state index is 0. The van der Waals surface area contributed by atoms with Crippen molar-refractivity contribution < 1.29 is 9.84 Å². The van der Waals surface area contributed by atoms with Crippen molar-refractivity contribution in [2.45, 2.75) is 20.0 Å². The van der Waals surface area contributed by atoms with Crippen LogP contribution in [-0.2, 0) is 4.74 Å². The number of rotatable bonds is 8. The Bertz CT molecular complexity index is 528. The molecule has 1 N–H and O–H groups in total. The number of likely N-dealkylation sites (N-methyl/N-ethyl adjacent to an activating group) is 1. The minimum Gasteiger partial charge on any atom is -0.386 e. The number of benzene rings is 1. The fraction of sp³-hybridized carbons (Fsp3) is 0.500. The van der Waals surface area contributed by atoms with E-state index in [4.69, 9.17) is 4.74 Å². The molecule has 0 fully saturated rings. The highest BCUT2D eigenvalue weighted by molar-refractivity contribution is 7.17. The molecule has 1 atom stereocenters. The van der Waals surface area contributed by atoms with Gasteiger partial charge in [0.15, 0.2) is 0 Å². The van der Waals surface area contributed by atoms with Crippen molar-refractivity contribution in [3.8, 4) is 0 Å². The zero-order chi connectivity index (χ0) is 14.4. The van der Waals surface area contributed by atoms with Crippen LogP contribution in [0.5, 0.6) is 0 Å². The summed E-state index contributed by atoms with van der Waals surface area (Å²) in [7, 11) is 0. The van der Waals surface area contributed by atoms with E-state index in [0.717, 1.165) is 25.2 Å². The van der Waals surface area contributed by atoms with Crippen LogP contribution in [-0.4, -0.2) is 42.9 Å². The summed E-state index contributed by atoms with van der Waals surface area (Å²) in [6, 6.07) is 8.17. The van der Waals surface area contributed by atoms with Crippen LogP contribution in [0.15, 0.2) is 29.6 Å². The second kappa shape index (κ2) is 9.38. The number of hydrogen-bond acceptors (Lipinski definition) is 4. The average Bonchev–Trinajstić information content (AvgIpc) is 2.94. The molecule has 0 amide bonds. The lowest BCUT2D eigenvalue weighted by atomic mass is 10.1. The third-order valence-corrected chi connectivity index (χ3v) is 4.48. The van der Waals surface area contributed by atoms with Gasteiger partial charge in [0.25, 0.3) is 0 Å². The number of fused-ring (bicyclic) bond motifs is 1. The Morgan fingerprint density at radius 2 is 2.00 bits per heavy atom. The highest BCUT2D eigenvalue weighted by Gasteiger charge is 2.09. The van der Waals surface area contributed by atoms with Gasteiger partial charge in [-0.2, -0.15) is 0 Å². The Labute approximate surface area is 136 Å². The van der Waals surface area contributed by atoms with Crippen LogP contribution in [0.3, 0.4) is 0 Å². The molecule has 0 radical (unpaired) electrons. The standard InChI is InChI=1S/C16H23NO2S.ClH/c1-3-17(4-2)8-9-19-12-15(18)13-5-6-16-14(11-13)7-10-20-16;/h5-7,10-11,15,18H,3-4,8-9,12H2,1-2H3;1H. The van der Waals surface area contributed by atoms with Crippen LogP contribution in [0.25, 0.3) is 10.1 Å². The van der Waals surface area contributed by atoms with Crippen molar-refractivity contribution in [2.75, 3.05) is 32.8 Å². The van der Waals surface area contributed by atoms with Gasteiger partial charge >= 0.3 is 0 Å². The summed E-state index contributed by atoms with van der Waals surface area (Å²) >= 11 is 1.72. The van der Waals surface area contributed by atoms with Gasteiger partial charge in [0, 0.05) is 11.2 Å². The van der Waals surface area contributed by atoms with Crippen molar-refractivity contribution in [3.63, 3.8) is 0 Å². The van der Waals surface area contributed by atoms with E-state index in [2.05, 4.69) is 36.3 Å². The van der Waals surface area contributed by atoms with Gasteiger partial charge in [-0.25, -0.2) is 0 Å². The van der Waals surface area contributed by atoms with E-state index in [0.29, 0.717) is 13.2 Å². The Hall–Kier alpha value is -0.650. The largest absolute Gasteiger partial charge is 0.386 e. The minimum atomic E-state index is -0.545. The number of hydrogen-bond donors (Lipinski definition) is 1. The topological polar surface area (TPSA) is 32.7 Å². The fourth-order valence-corrected chi connectivity index (χ4v) is 2.99. The monoisotopic (exact) mass is 329 g/mol. The molecule has 0 aliphatic rings. The fourth-order valence-electron chi connectivity index (χ4n) is 2.22. The van der Waals surface area contributed by atoms with E-state index in [1.807, 2.05) is 12.1 Å². The van der Waals surface area contributed by atoms with Gasteiger partial charge in [0.1, 0.15) is 6.10 Å². The number of nitrogens with zero attached hydrogens (tertiary/aromatic N) is 1. The molecule has 0 aliphatic carbocycles. The van der Waals surface area contributed by atoms with Gasteiger partial charge < -0.3 is 14.7 Å². The molecule has 1 aromatic carbocycles. The van der Waals surface area contributed by atoms with E-state index >= 15 is 0 Å². The lowest BCUT2D eigenvalue weighted by molar-refractivity contribution is 0.0274. The van der Waals surface area contributed by atoms with Gasteiger partial charge in [-0.3, -0.25) is 0 Å². The first-order valence-electron chi connectivity index (χ1n) is 7.20. The maximum atomic E-state index is 10.2. The van der Waals surface area contributed by atoms with Crippen molar-refractivity contribution in [2.24, 2.45) is 0 Å². The van der Waals surface area contributed by atoms with Crippen LogP contribution in [0, 0.1) is 0 Å². The molecule has 21 heavy (non-hydrogen) atoms. The van der Waals surface area contributed by atoms with Crippen LogP contribution >= 0.6 is 23.7 Å². The van der Waals surface area contributed by atoms with E-state index < -0.39 is 6.10 Å². The Morgan fingerprint density at radius 3 is 2.71 bits per heavy atom. The van der Waals surface area contributed by atoms with Crippen LogP contribution < -0.4 is 0 Å². The summed E-state index contributed by atoms with van der Waals surface area (Å²) in [6.07, 6.45) is -0.545. The Kier molecular flexibility index (Phi) is 8.22. The summed E-state index contributed by atoms with van der Waals surface area (Å²) in [5.74, 6) is 0. The second-order valence-corrected chi connectivity index (χ2v) is 5.78. The molecule has 1 aromatic heterocycles. The predicted octanol–water partition coefficient (Wildman–Crippen LogP) is 3.71. The summed E-state index contributed by atoms with van der Waals surface area (Å²) < 4.78 is 6.84. The van der Waals surface area contributed by atoms with Crippen molar-refractivity contribution in [3.05, 3.63) is 35.2 Å². The predicted molar refractivity (Wildman–Crippen MR) is 92.6 cm³/mol. The lowest BCUT2D eigenvalue weighted by Crippen LogP contribution is -2.27. The van der Waals surface area contributed by atoms with E-state index in [-0.39, 0.29) is 12.4 Å². The smallest absolute Gasteiger partial charge is 0.102 e. The van der Waals surface area contributed by atoms with E-state index in [9.17, 15) is 5.11 Å². The summed E-state index contributed by atoms with van der Waals surface area (Å²) in [4.78, 5) is 2.31. The molecule has 0 aliphatic heterocycles. The number of halogens is 1. The summed E-state index contributed by atoms with van der Waals surface area (Å²) in [5.41, 5.74) is 0.929. The second-order valence-electron chi connectivity index (χ2n) is 4.84. The van der Waals surface area contributed by atoms with Crippen LogP contribution in [0.4, 0.5) is 0 Å². The molecular formula is C16H24ClNO2S. The molecule has 1 heterocycles. The van der Waals surface area contributed by atoms with Crippen LogP contribution in [0.2, 0.25) is 0 Å². The molecular weight excluding hydrogens is 306 g/mol. The maximum Gasteiger partial charge on any atom is 0.102 e. The first-order chi connectivity index (χ1) is 9.74. The first-order valence-corrected chi connectivity index (χ1v) is 8.07. The van der Waals surface area contributed by atoms with Gasteiger partial charge in [-0.05, 0) is 47.6 Å². The molecule has 3 nitrogen and oxygen atoms in total. The Balaban J connectivity index is 0.00000220. The van der Waals surface area contributed by atoms with Gasteiger partial charge in [-0.15, -0.1) is 23.7 Å². The van der Waals surface area contributed by atoms with Crippen molar-refractivity contribution >= 4 is 33.8 Å². The Morgan fingerprint density at radius 1 is 1.24 bits per heavy atom. The molecule has 2 aromatic rings. The van der Waals surface area contributed by atoms with Crippen molar-refractivity contribution in [1.82, 2.24) is 4.90 Å².